The van der Waals surface area contributed by atoms with Crippen LogP contribution in [-0.4, -0.2) is 63.3 Å². The van der Waals surface area contributed by atoms with Crippen LogP contribution in [0.25, 0.3) is 0 Å². The van der Waals surface area contributed by atoms with Gasteiger partial charge in [0.25, 0.3) is 0 Å². The highest BCUT2D eigenvalue weighted by Crippen LogP contribution is 2.30. The molecule has 7 heteroatoms. The Morgan fingerprint density at radius 3 is 2.57 bits per heavy atom. The van der Waals surface area contributed by atoms with Gasteiger partial charge in [0.05, 0.1) is 0 Å². The molecule has 0 spiro atoms. The van der Waals surface area contributed by atoms with Gasteiger partial charge < -0.3 is 25.0 Å². The van der Waals surface area contributed by atoms with Crippen LogP contribution in [0.4, 0.5) is 0 Å². The predicted octanol–water partition coefficient (Wildman–Crippen LogP) is 3.29. The lowest BCUT2D eigenvalue weighted by atomic mass is 10.1. The van der Waals surface area contributed by atoms with Gasteiger partial charge in [-0.2, -0.15) is 0 Å². The van der Waals surface area contributed by atoms with Crippen LogP contribution in [0.5, 0.6) is 11.5 Å². The Morgan fingerprint density at radius 1 is 1.18 bits per heavy atom. The van der Waals surface area contributed by atoms with Crippen molar-refractivity contribution in [2.45, 2.75) is 46.1 Å². The van der Waals surface area contributed by atoms with Crippen LogP contribution >= 0.6 is 24.0 Å². The molecule has 0 amide bonds. The van der Waals surface area contributed by atoms with E-state index in [9.17, 15) is 0 Å². The molecular formula is C21H37IN4O2. The van der Waals surface area contributed by atoms with Crippen LogP contribution in [0.1, 0.15) is 39.2 Å². The normalized spacial score (nSPS) is 14.4. The van der Waals surface area contributed by atoms with Gasteiger partial charge in [-0.05, 0) is 63.5 Å². The van der Waals surface area contributed by atoms with Gasteiger partial charge in [0.15, 0.2) is 17.5 Å². The number of hydrogen-bond acceptors (Lipinski definition) is 4. The molecule has 1 aromatic rings. The largest absolute Gasteiger partial charge is 0.486 e. The lowest BCUT2D eigenvalue weighted by Crippen LogP contribution is -2.43. The minimum atomic E-state index is 0. The Balaban J connectivity index is 0.00000392. The van der Waals surface area contributed by atoms with Gasteiger partial charge in [-0.15, -0.1) is 24.0 Å². The Hall–Kier alpha value is -1.22. The molecule has 0 saturated heterocycles. The molecule has 160 valence electrons. The lowest BCUT2D eigenvalue weighted by Gasteiger charge is -2.21. The second-order valence-electron chi connectivity index (χ2n) is 6.94. The molecule has 28 heavy (non-hydrogen) atoms. The molecule has 0 radical (unpaired) electrons. The molecule has 2 N–H and O–H groups in total. The first kappa shape index (κ1) is 24.8. The smallest absolute Gasteiger partial charge is 0.191 e. The number of ether oxygens (including phenoxy) is 2. The quantitative estimate of drug-likeness (QED) is 0.291. The Morgan fingerprint density at radius 2 is 1.89 bits per heavy atom. The molecule has 1 heterocycles. The number of aliphatic imine (C=N–C) groups is 1. The minimum Gasteiger partial charge on any atom is -0.486 e. The molecule has 0 aromatic heterocycles. The molecule has 0 aliphatic carbocycles. The topological polar surface area (TPSA) is 58.1 Å². The van der Waals surface area contributed by atoms with Crippen molar-refractivity contribution in [2.75, 3.05) is 46.4 Å². The highest BCUT2D eigenvalue weighted by molar-refractivity contribution is 14.0. The van der Waals surface area contributed by atoms with Crippen molar-refractivity contribution in [1.82, 2.24) is 15.5 Å². The third-order valence-electron chi connectivity index (χ3n) is 4.93. The molecule has 1 atom stereocenters. The predicted molar refractivity (Wildman–Crippen MR) is 128 cm³/mol. The second kappa shape index (κ2) is 13.9. The summed E-state index contributed by atoms with van der Waals surface area (Å²) in [5.41, 5.74) is 1.23. The fraction of sp³-hybridized carbons (Fsp3) is 0.667. The summed E-state index contributed by atoms with van der Waals surface area (Å²) in [6.45, 7) is 12.1. The third kappa shape index (κ3) is 8.43. The van der Waals surface area contributed by atoms with Gasteiger partial charge in [0.2, 0.25) is 0 Å². The Bertz CT molecular complexity index is 594. The zero-order valence-electron chi connectivity index (χ0n) is 17.8. The Labute approximate surface area is 187 Å². The number of halogens is 1. The standard InChI is InChI=1S/C21H36N4O2.HI/c1-5-25(6-2)13-7-8-17(3)24-21(22-4)23-12-11-18-9-10-19-20(16-18)27-15-14-26-19;/h9-10,16-17H,5-8,11-15H2,1-4H3,(H2,22,23,24);1H. The fourth-order valence-corrected chi connectivity index (χ4v) is 3.23. The molecule has 0 bridgehead atoms. The van der Waals surface area contributed by atoms with Crippen LogP contribution in [-0.2, 0) is 6.42 Å². The van der Waals surface area contributed by atoms with Crippen LogP contribution in [0.3, 0.4) is 0 Å². The summed E-state index contributed by atoms with van der Waals surface area (Å²) in [5, 5.41) is 6.90. The summed E-state index contributed by atoms with van der Waals surface area (Å²) in [7, 11) is 1.82. The number of fused-ring (bicyclic) bond motifs is 1. The van der Waals surface area contributed by atoms with Crippen LogP contribution in [0, 0.1) is 0 Å². The minimum absolute atomic E-state index is 0. The van der Waals surface area contributed by atoms with Crippen LogP contribution in [0.15, 0.2) is 23.2 Å². The molecule has 2 rings (SSSR count). The van der Waals surface area contributed by atoms with Crippen molar-refractivity contribution >= 4 is 29.9 Å². The van der Waals surface area contributed by atoms with Gasteiger partial charge in [-0.25, -0.2) is 0 Å². The molecule has 1 aliphatic rings. The van der Waals surface area contributed by atoms with Gasteiger partial charge in [0, 0.05) is 19.6 Å². The average molecular weight is 504 g/mol. The number of benzene rings is 1. The van der Waals surface area contributed by atoms with Gasteiger partial charge in [0.1, 0.15) is 13.2 Å². The number of rotatable bonds is 10. The molecule has 0 saturated carbocycles. The first-order chi connectivity index (χ1) is 13.2. The van der Waals surface area contributed by atoms with E-state index < -0.39 is 0 Å². The van der Waals surface area contributed by atoms with Crippen molar-refractivity contribution in [3.8, 4) is 11.5 Å². The van der Waals surface area contributed by atoms with E-state index in [-0.39, 0.29) is 24.0 Å². The van der Waals surface area contributed by atoms with E-state index in [1.807, 2.05) is 13.1 Å². The zero-order chi connectivity index (χ0) is 19.5. The summed E-state index contributed by atoms with van der Waals surface area (Å²) in [5.74, 6) is 2.56. The molecule has 6 nitrogen and oxygen atoms in total. The van der Waals surface area contributed by atoms with Crippen molar-refractivity contribution < 1.29 is 9.47 Å². The molecular weight excluding hydrogens is 467 g/mol. The third-order valence-corrected chi connectivity index (χ3v) is 4.93. The number of nitrogens with one attached hydrogen (secondary N) is 2. The first-order valence-corrected chi connectivity index (χ1v) is 10.2. The summed E-state index contributed by atoms with van der Waals surface area (Å²) >= 11 is 0. The zero-order valence-corrected chi connectivity index (χ0v) is 20.1. The summed E-state index contributed by atoms with van der Waals surface area (Å²) < 4.78 is 11.2. The van der Waals surface area contributed by atoms with Crippen LogP contribution < -0.4 is 20.1 Å². The number of hydrogen-bond donors (Lipinski definition) is 2. The van der Waals surface area contributed by atoms with Crippen molar-refractivity contribution in [3.05, 3.63) is 23.8 Å². The van der Waals surface area contributed by atoms with E-state index in [2.05, 4.69) is 53.4 Å². The van der Waals surface area contributed by atoms with Gasteiger partial charge in [-0.3, -0.25) is 4.99 Å². The van der Waals surface area contributed by atoms with Gasteiger partial charge >= 0.3 is 0 Å². The molecule has 0 fully saturated rings. The second-order valence-corrected chi connectivity index (χ2v) is 6.94. The van der Waals surface area contributed by atoms with Crippen LogP contribution in [0.2, 0.25) is 0 Å². The first-order valence-electron chi connectivity index (χ1n) is 10.2. The molecule has 1 aliphatic heterocycles. The number of nitrogens with zero attached hydrogens (tertiary/aromatic N) is 2. The number of guanidine groups is 1. The van der Waals surface area contributed by atoms with E-state index in [0.29, 0.717) is 19.3 Å². The summed E-state index contributed by atoms with van der Waals surface area (Å²) in [6, 6.07) is 6.57. The highest BCUT2D eigenvalue weighted by Gasteiger charge is 2.12. The summed E-state index contributed by atoms with van der Waals surface area (Å²) in [4.78, 5) is 6.81. The maximum Gasteiger partial charge on any atom is 0.191 e. The average Bonchev–Trinajstić information content (AvgIpc) is 2.70. The van der Waals surface area contributed by atoms with E-state index in [4.69, 9.17) is 9.47 Å². The van der Waals surface area contributed by atoms with E-state index in [1.165, 1.54) is 12.0 Å². The molecule has 1 unspecified atom stereocenters. The lowest BCUT2D eigenvalue weighted by molar-refractivity contribution is 0.171. The maximum atomic E-state index is 5.65. The summed E-state index contributed by atoms with van der Waals surface area (Å²) in [6.07, 6.45) is 3.25. The van der Waals surface area contributed by atoms with Crippen molar-refractivity contribution in [1.29, 1.82) is 0 Å². The highest BCUT2D eigenvalue weighted by atomic mass is 127. The van der Waals surface area contributed by atoms with Gasteiger partial charge in [-0.1, -0.05) is 19.9 Å². The SMILES string of the molecule is CCN(CC)CCCC(C)NC(=NC)NCCc1ccc2c(c1)OCCO2.I. The van der Waals surface area contributed by atoms with Crippen molar-refractivity contribution in [3.63, 3.8) is 0 Å². The van der Waals surface area contributed by atoms with E-state index >= 15 is 0 Å². The Kier molecular flexibility index (Phi) is 12.3. The van der Waals surface area contributed by atoms with E-state index in [0.717, 1.165) is 56.5 Å². The van der Waals surface area contributed by atoms with E-state index in [1.54, 1.807) is 0 Å². The monoisotopic (exact) mass is 504 g/mol. The van der Waals surface area contributed by atoms with Crippen molar-refractivity contribution in [2.24, 2.45) is 4.99 Å². The molecule has 1 aromatic carbocycles. The maximum absolute atomic E-state index is 5.65. The fourth-order valence-electron chi connectivity index (χ4n) is 3.23.